The number of allylic oxidation sites excluding steroid dienone is 1. The van der Waals surface area contributed by atoms with Crippen LogP contribution in [0, 0.1) is 0 Å². The van der Waals surface area contributed by atoms with Crippen LogP contribution < -0.4 is 9.47 Å². The third kappa shape index (κ3) is 4.96. The van der Waals surface area contributed by atoms with Crippen molar-refractivity contribution in [2.24, 2.45) is 0 Å². The standard InChI is InChI=1S/C27H20Cl2O3/c1-31-25-14-10-18(15-22(25)17-32-26-8-4-7-23(28)27(26)29)9-13-24(30)21-12-11-19-5-2-3-6-20(19)16-21/h2-16H,17H2,1H3/b13-9+. The Balaban J connectivity index is 1.52. The molecule has 0 spiro atoms. The average molecular weight is 463 g/mol. The van der Waals surface area contributed by atoms with Gasteiger partial charge in [-0.15, -0.1) is 0 Å². The number of halogens is 2. The van der Waals surface area contributed by atoms with Gasteiger partial charge in [0.05, 0.1) is 12.1 Å². The van der Waals surface area contributed by atoms with Gasteiger partial charge in [-0.05, 0) is 52.7 Å². The van der Waals surface area contributed by atoms with E-state index in [0.29, 0.717) is 27.1 Å². The molecule has 0 fully saturated rings. The number of hydrogen-bond acceptors (Lipinski definition) is 3. The molecule has 0 saturated carbocycles. The summed E-state index contributed by atoms with van der Waals surface area (Å²) in [5.41, 5.74) is 2.33. The van der Waals surface area contributed by atoms with Crippen molar-refractivity contribution in [2.75, 3.05) is 7.11 Å². The van der Waals surface area contributed by atoms with E-state index in [4.69, 9.17) is 32.7 Å². The Hall–Kier alpha value is -3.27. The van der Waals surface area contributed by atoms with Crippen LogP contribution in [0.4, 0.5) is 0 Å². The lowest BCUT2D eigenvalue weighted by molar-refractivity contribution is 0.104. The molecule has 4 aromatic carbocycles. The first-order chi connectivity index (χ1) is 15.5. The number of methoxy groups -OCH3 is 1. The van der Waals surface area contributed by atoms with Crippen LogP contribution in [0.2, 0.25) is 10.0 Å². The number of rotatable bonds is 7. The fraction of sp³-hybridized carbons (Fsp3) is 0.0741. The lowest BCUT2D eigenvalue weighted by Gasteiger charge is -2.12. The molecule has 0 aliphatic rings. The van der Waals surface area contributed by atoms with Gasteiger partial charge in [0, 0.05) is 11.1 Å². The summed E-state index contributed by atoms with van der Waals surface area (Å²) in [7, 11) is 1.60. The Morgan fingerprint density at radius 3 is 2.50 bits per heavy atom. The van der Waals surface area contributed by atoms with Crippen molar-refractivity contribution in [3.63, 3.8) is 0 Å². The van der Waals surface area contributed by atoms with Gasteiger partial charge >= 0.3 is 0 Å². The van der Waals surface area contributed by atoms with Gasteiger partial charge in [-0.1, -0.05) is 77.8 Å². The number of fused-ring (bicyclic) bond motifs is 1. The van der Waals surface area contributed by atoms with Crippen molar-refractivity contribution < 1.29 is 14.3 Å². The molecule has 3 nitrogen and oxygen atoms in total. The summed E-state index contributed by atoms with van der Waals surface area (Å²) in [6.07, 6.45) is 3.36. The third-order valence-corrected chi connectivity index (χ3v) is 5.87. The van der Waals surface area contributed by atoms with E-state index in [0.717, 1.165) is 21.9 Å². The zero-order valence-corrected chi connectivity index (χ0v) is 18.9. The molecule has 0 radical (unpaired) electrons. The first kappa shape index (κ1) is 21.9. The Morgan fingerprint density at radius 2 is 1.69 bits per heavy atom. The fourth-order valence-electron chi connectivity index (χ4n) is 3.38. The van der Waals surface area contributed by atoms with Crippen molar-refractivity contribution in [3.8, 4) is 11.5 Å². The molecule has 0 amide bonds. The van der Waals surface area contributed by atoms with Gasteiger partial charge in [-0.2, -0.15) is 0 Å². The van der Waals surface area contributed by atoms with Crippen molar-refractivity contribution in [1.29, 1.82) is 0 Å². The molecule has 0 saturated heterocycles. The molecule has 0 aliphatic heterocycles. The quantitative estimate of drug-likeness (QED) is 0.209. The Labute approximate surface area is 196 Å². The first-order valence-electron chi connectivity index (χ1n) is 10.00. The maximum absolute atomic E-state index is 12.7. The number of ketones is 1. The summed E-state index contributed by atoms with van der Waals surface area (Å²) in [5, 5.41) is 2.94. The highest BCUT2D eigenvalue weighted by atomic mass is 35.5. The van der Waals surface area contributed by atoms with E-state index in [1.165, 1.54) is 0 Å². The zero-order valence-electron chi connectivity index (χ0n) is 17.3. The maximum Gasteiger partial charge on any atom is 0.185 e. The number of ether oxygens (including phenoxy) is 2. The number of carbonyl (C=O) groups excluding carboxylic acids is 1. The summed E-state index contributed by atoms with van der Waals surface area (Å²) in [5.74, 6) is 1.12. The van der Waals surface area contributed by atoms with Gasteiger partial charge in [0.2, 0.25) is 0 Å². The second kappa shape index (κ2) is 9.90. The fourth-order valence-corrected chi connectivity index (χ4v) is 3.72. The number of benzene rings is 4. The molecule has 0 N–H and O–H groups in total. The lowest BCUT2D eigenvalue weighted by Crippen LogP contribution is -2.00. The van der Waals surface area contributed by atoms with Crippen LogP contribution in [0.3, 0.4) is 0 Å². The normalized spacial score (nSPS) is 11.1. The second-order valence-corrected chi connectivity index (χ2v) is 7.96. The zero-order chi connectivity index (χ0) is 22.5. The summed E-state index contributed by atoms with van der Waals surface area (Å²) in [4.78, 5) is 12.7. The van der Waals surface area contributed by atoms with E-state index in [1.54, 1.807) is 37.5 Å². The van der Waals surface area contributed by atoms with Crippen molar-refractivity contribution in [1.82, 2.24) is 0 Å². The van der Waals surface area contributed by atoms with Crippen molar-refractivity contribution in [2.45, 2.75) is 6.61 Å². The molecular formula is C27H20Cl2O3. The van der Waals surface area contributed by atoms with E-state index in [9.17, 15) is 4.79 Å². The minimum atomic E-state index is -0.0601. The Bertz CT molecular complexity index is 1310. The number of carbonyl (C=O) groups is 1. The van der Waals surface area contributed by atoms with Crippen LogP contribution in [0.25, 0.3) is 16.8 Å². The molecule has 32 heavy (non-hydrogen) atoms. The summed E-state index contributed by atoms with van der Waals surface area (Å²) >= 11 is 12.3. The minimum Gasteiger partial charge on any atom is -0.496 e. The molecule has 0 heterocycles. The van der Waals surface area contributed by atoms with Crippen LogP contribution in [0.5, 0.6) is 11.5 Å². The van der Waals surface area contributed by atoms with E-state index in [2.05, 4.69) is 0 Å². The topological polar surface area (TPSA) is 35.5 Å². The van der Waals surface area contributed by atoms with Gasteiger partial charge < -0.3 is 9.47 Å². The second-order valence-electron chi connectivity index (χ2n) is 7.17. The van der Waals surface area contributed by atoms with Crippen molar-refractivity contribution in [3.05, 3.63) is 112 Å². The van der Waals surface area contributed by atoms with Crippen LogP contribution in [-0.2, 0) is 6.61 Å². The summed E-state index contributed by atoms with van der Waals surface area (Å²) in [6.45, 7) is 0.240. The monoisotopic (exact) mass is 462 g/mol. The summed E-state index contributed by atoms with van der Waals surface area (Å²) < 4.78 is 11.3. The molecule has 0 atom stereocenters. The molecule has 0 aromatic heterocycles. The van der Waals surface area contributed by atoms with Crippen LogP contribution >= 0.6 is 23.2 Å². The third-order valence-electron chi connectivity index (χ3n) is 5.06. The number of hydrogen-bond donors (Lipinski definition) is 0. The summed E-state index contributed by atoms with van der Waals surface area (Å²) in [6, 6.07) is 24.6. The largest absolute Gasteiger partial charge is 0.496 e. The predicted octanol–water partition coefficient (Wildman–Crippen LogP) is 7.63. The van der Waals surface area contributed by atoms with Gasteiger partial charge in [0.1, 0.15) is 23.1 Å². The Kier molecular flexibility index (Phi) is 6.79. The maximum atomic E-state index is 12.7. The Morgan fingerprint density at radius 1 is 0.875 bits per heavy atom. The molecule has 4 aromatic rings. The minimum absolute atomic E-state index is 0.0601. The average Bonchev–Trinajstić information content (AvgIpc) is 2.83. The lowest BCUT2D eigenvalue weighted by atomic mass is 10.0. The molecule has 160 valence electrons. The van der Waals surface area contributed by atoms with Gasteiger partial charge in [-0.25, -0.2) is 0 Å². The van der Waals surface area contributed by atoms with Gasteiger partial charge in [-0.3, -0.25) is 4.79 Å². The first-order valence-corrected chi connectivity index (χ1v) is 10.8. The molecular weight excluding hydrogens is 443 g/mol. The molecule has 0 unspecified atom stereocenters. The van der Waals surface area contributed by atoms with E-state index in [-0.39, 0.29) is 12.4 Å². The highest BCUT2D eigenvalue weighted by Crippen LogP contribution is 2.32. The van der Waals surface area contributed by atoms with Gasteiger partial charge in [0.25, 0.3) is 0 Å². The van der Waals surface area contributed by atoms with Crippen LogP contribution in [0.15, 0.2) is 84.9 Å². The predicted molar refractivity (Wildman–Crippen MR) is 131 cm³/mol. The SMILES string of the molecule is COc1ccc(/C=C/C(=O)c2ccc3ccccc3c2)cc1COc1cccc(Cl)c1Cl. The highest BCUT2D eigenvalue weighted by molar-refractivity contribution is 6.42. The molecule has 5 heteroatoms. The van der Waals surface area contributed by atoms with E-state index < -0.39 is 0 Å². The van der Waals surface area contributed by atoms with E-state index >= 15 is 0 Å². The van der Waals surface area contributed by atoms with Crippen LogP contribution in [-0.4, -0.2) is 12.9 Å². The molecule has 0 aliphatic carbocycles. The highest BCUT2D eigenvalue weighted by Gasteiger charge is 2.09. The molecule has 0 bridgehead atoms. The van der Waals surface area contributed by atoms with Crippen LogP contribution in [0.1, 0.15) is 21.5 Å². The molecule has 4 rings (SSSR count). The van der Waals surface area contributed by atoms with Gasteiger partial charge in [0.15, 0.2) is 5.78 Å². The smallest absolute Gasteiger partial charge is 0.185 e. The van der Waals surface area contributed by atoms with Crippen molar-refractivity contribution >= 4 is 45.8 Å². The van der Waals surface area contributed by atoms with E-state index in [1.807, 2.05) is 60.7 Å².